The van der Waals surface area contributed by atoms with Crippen LogP contribution in [0.4, 0.5) is 0 Å². The zero-order valence-electron chi connectivity index (χ0n) is 13.5. The van der Waals surface area contributed by atoms with Gasteiger partial charge >= 0.3 is 0 Å². The van der Waals surface area contributed by atoms with Gasteiger partial charge in [-0.1, -0.05) is 11.3 Å². The highest BCUT2D eigenvalue weighted by Crippen LogP contribution is 2.20. The second-order valence-electron chi connectivity index (χ2n) is 6.02. The largest absolute Gasteiger partial charge is 0.322 e. The number of pyridine rings is 2. The standard InChI is InChI=1S/C18H13N7O/c26-17-6-2-12-7-11(1-3-14(12)21-17)10-25-18-16(23-24-25)5-4-15(22-18)13-8-19-20-9-13/h1-9H,10H2,(H,19,20)(H,21,26). The molecule has 1 aromatic carbocycles. The van der Waals surface area contributed by atoms with Gasteiger partial charge in [0.05, 0.1) is 18.4 Å². The Balaban J connectivity index is 1.55. The molecule has 0 saturated carbocycles. The Kier molecular flexibility index (Phi) is 3.14. The van der Waals surface area contributed by atoms with Crippen molar-refractivity contribution in [3.63, 3.8) is 0 Å². The SMILES string of the molecule is O=c1ccc2cc(Cn3nnc4ccc(-c5cn[nH]c5)nc43)ccc2[nH]1. The molecule has 0 saturated heterocycles. The molecule has 0 aliphatic heterocycles. The van der Waals surface area contributed by atoms with Gasteiger partial charge in [-0.3, -0.25) is 9.89 Å². The van der Waals surface area contributed by atoms with Crippen LogP contribution in [0.25, 0.3) is 33.3 Å². The molecule has 5 rings (SSSR count). The topological polar surface area (TPSA) is 105 Å². The number of fused-ring (bicyclic) bond motifs is 2. The molecule has 4 aromatic heterocycles. The van der Waals surface area contributed by atoms with E-state index in [0.29, 0.717) is 12.2 Å². The van der Waals surface area contributed by atoms with Crippen LogP contribution in [0.5, 0.6) is 0 Å². The van der Waals surface area contributed by atoms with Crippen molar-refractivity contribution in [1.29, 1.82) is 0 Å². The van der Waals surface area contributed by atoms with Crippen LogP contribution in [0.15, 0.2) is 59.7 Å². The van der Waals surface area contributed by atoms with Gasteiger partial charge in [0.25, 0.3) is 0 Å². The van der Waals surface area contributed by atoms with Crippen molar-refractivity contribution in [1.82, 2.24) is 35.2 Å². The quantitative estimate of drug-likeness (QED) is 0.522. The summed E-state index contributed by atoms with van der Waals surface area (Å²) in [5.41, 5.74) is 4.92. The van der Waals surface area contributed by atoms with Gasteiger partial charge in [-0.25, -0.2) is 9.67 Å². The van der Waals surface area contributed by atoms with Crippen molar-refractivity contribution in [3.8, 4) is 11.3 Å². The molecule has 8 heteroatoms. The van der Waals surface area contributed by atoms with Crippen LogP contribution in [0.1, 0.15) is 5.56 Å². The predicted molar refractivity (Wildman–Crippen MR) is 96.6 cm³/mol. The van der Waals surface area contributed by atoms with Crippen LogP contribution in [0, 0.1) is 0 Å². The van der Waals surface area contributed by atoms with E-state index in [4.69, 9.17) is 0 Å². The smallest absolute Gasteiger partial charge is 0.248 e. The Labute approximate surface area is 146 Å². The van der Waals surface area contributed by atoms with Crippen LogP contribution in [0.2, 0.25) is 0 Å². The minimum atomic E-state index is -0.108. The monoisotopic (exact) mass is 343 g/mol. The Bertz CT molecular complexity index is 1280. The maximum Gasteiger partial charge on any atom is 0.248 e. The van der Waals surface area contributed by atoms with Crippen LogP contribution >= 0.6 is 0 Å². The minimum Gasteiger partial charge on any atom is -0.322 e. The molecule has 26 heavy (non-hydrogen) atoms. The first kappa shape index (κ1) is 14.5. The van der Waals surface area contributed by atoms with Gasteiger partial charge in [0, 0.05) is 23.3 Å². The summed E-state index contributed by atoms with van der Waals surface area (Å²) in [6, 6.07) is 13.0. The molecule has 8 nitrogen and oxygen atoms in total. The number of nitrogens with zero attached hydrogens (tertiary/aromatic N) is 5. The molecule has 0 radical (unpaired) electrons. The lowest BCUT2D eigenvalue weighted by Crippen LogP contribution is -2.05. The van der Waals surface area contributed by atoms with E-state index >= 15 is 0 Å². The highest BCUT2D eigenvalue weighted by Gasteiger charge is 2.10. The summed E-state index contributed by atoms with van der Waals surface area (Å²) in [5.74, 6) is 0. The Morgan fingerprint density at radius 2 is 2.04 bits per heavy atom. The highest BCUT2D eigenvalue weighted by molar-refractivity contribution is 5.79. The predicted octanol–water partition coefficient (Wildman–Crippen LogP) is 2.11. The van der Waals surface area contributed by atoms with E-state index in [1.165, 1.54) is 6.07 Å². The molecule has 5 aromatic rings. The summed E-state index contributed by atoms with van der Waals surface area (Å²) in [7, 11) is 0. The molecular formula is C18H13N7O. The van der Waals surface area contributed by atoms with Gasteiger partial charge in [0.15, 0.2) is 5.65 Å². The molecule has 0 unspecified atom stereocenters. The van der Waals surface area contributed by atoms with Crippen molar-refractivity contribution < 1.29 is 0 Å². The van der Waals surface area contributed by atoms with Crippen molar-refractivity contribution >= 4 is 22.1 Å². The van der Waals surface area contributed by atoms with E-state index in [0.717, 1.165) is 33.2 Å². The molecule has 126 valence electrons. The fourth-order valence-electron chi connectivity index (χ4n) is 2.99. The highest BCUT2D eigenvalue weighted by atomic mass is 16.1. The maximum atomic E-state index is 11.4. The summed E-state index contributed by atoms with van der Waals surface area (Å²) < 4.78 is 1.77. The fraction of sp³-hybridized carbons (Fsp3) is 0.0556. The van der Waals surface area contributed by atoms with E-state index in [2.05, 4.69) is 30.5 Å². The lowest BCUT2D eigenvalue weighted by atomic mass is 10.1. The van der Waals surface area contributed by atoms with E-state index in [1.807, 2.05) is 36.4 Å². The van der Waals surface area contributed by atoms with Gasteiger partial charge in [-0.05, 0) is 41.3 Å². The van der Waals surface area contributed by atoms with Gasteiger partial charge in [-0.2, -0.15) is 5.10 Å². The summed E-state index contributed by atoms with van der Waals surface area (Å²) in [6.45, 7) is 0.535. The summed E-state index contributed by atoms with van der Waals surface area (Å²) in [5, 5.41) is 16.1. The molecule has 2 N–H and O–H groups in total. The average Bonchev–Trinajstić information content (AvgIpc) is 3.32. The van der Waals surface area contributed by atoms with E-state index in [-0.39, 0.29) is 5.56 Å². The molecular weight excluding hydrogens is 330 g/mol. The normalized spacial score (nSPS) is 11.4. The second-order valence-corrected chi connectivity index (χ2v) is 6.02. The summed E-state index contributed by atoms with van der Waals surface area (Å²) in [4.78, 5) is 18.9. The van der Waals surface area contributed by atoms with Crippen molar-refractivity contribution in [2.45, 2.75) is 6.54 Å². The van der Waals surface area contributed by atoms with Crippen LogP contribution in [-0.2, 0) is 6.54 Å². The second kappa shape index (κ2) is 5.62. The summed E-state index contributed by atoms with van der Waals surface area (Å²) >= 11 is 0. The summed E-state index contributed by atoms with van der Waals surface area (Å²) in [6.07, 6.45) is 3.53. The number of hydrogen-bond acceptors (Lipinski definition) is 5. The number of aromatic nitrogens is 7. The zero-order valence-corrected chi connectivity index (χ0v) is 13.5. The number of H-pyrrole nitrogens is 2. The van der Waals surface area contributed by atoms with Crippen LogP contribution < -0.4 is 5.56 Å². The Morgan fingerprint density at radius 1 is 1.08 bits per heavy atom. The van der Waals surface area contributed by atoms with Gasteiger partial charge in [0.2, 0.25) is 5.56 Å². The third kappa shape index (κ3) is 2.44. The van der Waals surface area contributed by atoms with E-state index < -0.39 is 0 Å². The van der Waals surface area contributed by atoms with Gasteiger partial charge in [0.1, 0.15) is 5.52 Å². The first-order valence-corrected chi connectivity index (χ1v) is 8.08. The van der Waals surface area contributed by atoms with Crippen LogP contribution in [0.3, 0.4) is 0 Å². The van der Waals surface area contributed by atoms with Crippen molar-refractivity contribution in [3.05, 3.63) is 70.8 Å². The molecule has 0 atom stereocenters. The number of nitrogens with one attached hydrogen (secondary N) is 2. The first-order valence-electron chi connectivity index (χ1n) is 8.08. The fourth-order valence-corrected chi connectivity index (χ4v) is 2.99. The number of rotatable bonds is 3. The number of hydrogen-bond donors (Lipinski definition) is 2. The Hall–Kier alpha value is -3.81. The van der Waals surface area contributed by atoms with Crippen molar-refractivity contribution in [2.24, 2.45) is 0 Å². The Morgan fingerprint density at radius 3 is 2.92 bits per heavy atom. The van der Waals surface area contributed by atoms with Crippen LogP contribution in [-0.4, -0.2) is 35.2 Å². The number of aromatic amines is 2. The number of benzene rings is 1. The van der Waals surface area contributed by atoms with E-state index in [9.17, 15) is 4.79 Å². The molecule has 0 spiro atoms. The maximum absolute atomic E-state index is 11.4. The zero-order chi connectivity index (χ0) is 17.5. The molecule has 0 bridgehead atoms. The molecule has 4 heterocycles. The third-order valence-corrected chi connectivity index (χ3v) is 4.27. The lowest BCUT2D eigenvalue weighted by Gasteiger charge is -2.05. The molecule has 0 aliphatic rings. The first-order chi connectivity index (χ1) is 12.8. The van der Waals surface area contributed by atoms with Gasteiger partial charge in [-0.15, -0.1) is 5.10 Å². The molecule has 0 fully saturated rings. The molecule has 0 aliphatic carbocycles. The van der Waals surface area contributed by atoms with Gasteiger partial charge < -0.3 is 4.98 Å². The lowest BCUT2D eigenvalue weighted by molar-refractivity contribution is 0.665. The minimum absolute atomic E-state index is 0.108. The third-order valence-electron chi connectivity index (χ3n) is 4.27. The molecule has 0 amide bonds. The average molecular weight is 343 g/mol. The van der Waals surface area contributed by atoms with E-state index in [1.54, 1.807) is 17.1 Å². The van der Waals surface area contributed by atoms with Crippen molar-refractivity contribution in [2.75, 3.05) is 0 Å².